The molecule has 0 atom stereocenters. The summed E-state index contributed by atoms with van der Waals surface area (Å²) >= 11 is 0. The zero-order valence-electron chi connectivity index (χ0n) is 79.2. The van der Waals surface area contributed by atoms with Crippen LogP contribution >= 0.6 is 0 Å². The molecule has 3 aliphatic rings. The van der Waals surface area contributed by atoms with Gasteiger partial charge in [-0.25, -0.2) is 29.9 Å². The molecule has 696 valence electrons. The van der Waals surface area contributed by atoms with E-state index in [0.29, 0.717) is 41.0 Å². The minimum absolute atomic E-state index is 0. The molecule has 145 heavy (non-hydrogen) atoms. The van der Waals surface area contributed by atoms with Crippen LogP contribution in [0.1, 0.15) is 97.2 Å². The van der Waals surface area contributed by atoms with Gasteiger partial charge in [-0.3, -0.25) is 9.13 Å². The van der Waals surface area contributed by atoms with Gasteiger partial charge in [0.2, 0.25) is 11.9 Å². The maximum Gasteiger partial charge on any atom is 0.238 e. The van der Waals surface area contributed by atoms with E-state index in [2.05, 4.69) is 450 Å². The van der Waals surface area contributed by atoms with E-state index in [0.717, 1.165) is 94.4 Å². The van der Waals surface area contributed by atoms with Crippen molar-refractivity contribution in [2.75, 3.05) is 0 Å². The topological polar surface area (TPSA) is 118 Å². The minimum atomic E-state index is -0.0894. The monoisotopic (exact) mass is 1870 g/mol. The average molecular weight is 1870 g/mol. The molecule has 0 N–H and O–H groups in total. The molecule has 11 heteroatoms. The molecule has 0 radical (unpaired) electrons. The van der Waals surface area contributed by atoms with Crippen molar-refractivity contribution in [3.63, 3.8) is 0 Å². The van der Waals surface area contributed by atoms with Gasteiger partial charge in [0.15, 0.2) is 29.1 Å². The van der Waals surface area contributed by atoms with Crippen LogP contribution in [0.4, 0.5) is 0 Å². The first-order valence-electron chi connectivity index (χ1n) is 48.7. The van der Waals surface area contributed by atoms with Gasteiger partial charge in [-0.05, 0) is 161 Å². The summed E-state index contributed by atoms with van der Waals surface area (Å²) in [7, 11) is 0. The van der Waals surface area contributed by atoms with E-state index in [9.17, 15) is 0 Å². The molecule has 0 amide bonds. The van der Waals surface area contributed by atoms with Gasteiger partial charge in [-0.2, -0.15) is 9.97 Å². The Balaban J connectivity index is 0.000000119. The second kappa shape index (κ2) is 36.2. The zero-order valence-corrected chi connectivity index (χ0v) is 79.2. The predicted octanol–water partition coefficient (Wildman–Crippen LogP) is 34.5. The Labute approximate surface area is 845 Å². The maximum atomic E-state index is 5.33. The molecule has 0 saturated carbocycles. The van der Waals surface area contributed by atoms with Gasteiger partial charge >= 0.3 is 0 Å². The maximum absolute atomic E-state index is 5.33. The van der Waals surface area contributed by atoms with E-state index in [1.165, 1.54) is 127 Å². The summed E-state index contributed by atoms with van der Waals surface area (Å²) in [5.74, 6) is 4.49. The van der Waals surface area contributed by atoms with Crippen molar-refractivity contribution in [1.29, 1.82) is 0 Å². The number of aromatic nitrogens is 11. The quantitative estimate of drug-likeness (QED) is 0.119. The molecule has 6 heterocycles. The molecular formula is C134H105N11. The van der Waals surface area contributed by atoms with E-state index in [-0.39, 0.29) is 38.5 Å². The highest BCUT2D eigenvalue weighted by Gasteiger charge is 2.41. The lowest BCUT2D eigenvalue weighted by Gasteiger charge is -2.21. The molecule has 0 saturated heterocycles. The van der Waals surface area contributed by atoms with Crippen molar-refractivity contribution < 1.29 is 0 Å². The highest BCUT2D eigenvalue weighted by Crippen LogP contribution is 2.57. The van der Waals surface area contributed by atoms with E-state index < -0.39 is 0 Å². The highest BCUT2D eigenvalue weighted by atomic mass is 15.2. The van der Waals surface area contributed by atoms with Crippen LogP contribution in [0, 0.1) is 0 Å². The van der Waals surface area contributed by atoms with Crippen molar-refractivity contribution in [2.24, 2.45) is 0 Å². The SMILES string of the molecule is C.C.C.CC1(C)c2ccccc2-c2c1ccc1c2c2ccccc2n1-c1cccc(-c2nc(-c3ccccc3)nc(-c3ccc(-c4ccccc4)cc3)n2)c1.CC1(C)c2ccccc2-c2c1ccc1c2c2ccccc2n1-c1nc(-c2ccc(-c3ccccc3)cc2)c2ccccc2n1.CC1(C)c2ccccc2-c2c1ccc1c2c2ccccc2n1-c1nc(-c2ccccc2)nc(-c2cccc(-c3ccccc3)c2)n1. The molecule has 25 aromatic rings. The molecule has 0 aliphatic heterocycles. The van der Waals surface area contributed by atoms with Crippen molar-refractivity contribution >= 4 is 76.3 Å². The average Bonchev–Trinajstić information content (AvgIpc) is 1.54. The first-order valence-corrected chi connectivity index (χ1v) is 48.7. The van der Waals surface area contributed by atoms with E-state index in [1.807, 2.05) is 60.7 Å². The molecule has 6 aromatic heterocycles. The third-order valence-electron chi connectivity index (χ3n) is 29.6. The lowest BCUT2D eigenvalue weighted by Crippen LogP contribution is -2.14. The smallest absolute Gasteiger partial charge is 0.238 e. The van der Waals surface area contributed by atoms with Crippen LogP contribution in [0.25, 0.3) is 229 Å². The second-order valence-electron chi connectivity index (χ2n) is 38.8. The lowest BCUT2D eigenvalue weighted by molar-refractivity contribution is 0.660. The molecule has 28 rings (SSSR count). The molecule has 0 fully saturated rings. The van der Waals surface area contributed by atoms with Crippen LogP contribution in [-0.2, 0) is 16.2 Å². The van der Waals surface area contributed by atoms with Crippen molar-refractivity contribution in [1.82, 2.24) is 53.6 Å². The number of hydrogen-bond acceptors (Lipinski definition) is 8. The normalized spacial score (nSPS) is 12.9. The minimum Gasteiger partial charge on any atom is -0.309 e. The highest BCUT2D eigenvalue weighted by molar-refractivity contribution is 6.21. The number of fused-ring (bicyclic) bond motifs is 22. The molecular weight excluding hydrogens is 1760 g/mol. The summed E-state index contributed by atoms with van der Waals surface area (Å²) in [6.45, 7) is 14.0. The Kier molecular flexibility index (Phi) is 22.7. The molecule has 0 unspecified atom stereocenters. The van der Waals surface area contributed by atoms with Crippen LogP contribution in [0.2, 0.25) is 0 Å². The van der Waals surface area contributed by atoms with Gasteiger partial charge in [0.25, 0.3) is 0 Å². The third-order valence-corrected chi connectivity index (χ3v) is 29.6. The standard InChI is InChI=1S/C48H34N4.C42H30N4.C41H29N3.3CH4/c1-48(2)39-22-11-9-20-37(39)43-40(48)28-29-42-44(43)38-21-10-12-23-41(38)52(42)36-19-13-18-35(30-36)47-50-45(33-16-7-4-8-17-33)49-46(51-47)34-26-24-32(25-27-34)31-14-5-3-6-15-31;1-42(2)33-22-11-9-20-31(33)37-34(42)24-25-36-38(37)32-21-10-12-23-35(32)46(36)41-44-39(28-16-7-4-8-17-28)43-40(45-41)30-19-13-18-29(26-30)27-14-5-3-6-15-27;1-41(2)32-17-9-6-14-29(32)37-33(41)24-25-36-38(37)31-16-8-11-19-35(31)44(36)40-42-34-18-10-7-15-30(34)39(43-40)28-22-20-27(21-23-28)26-12-4-3-5-13-26;;;/h3-30H,1-2H3;3-26H,1-2H3;3-25H,1-2H3;3*1H4. The first-order chi connectivity index (χ1) is 69.7. The Morgan fingerprint density at radius 1 is 0.179 bits per heavy atom. The zero-order chi connectivity index (χ0) is 95.1. The Hall–Kier alpha value is -18.1. The lowest BCUT2D eigenvalue weighted by atomic mass is 9.82. The Morgan fingerprint density at radius 3 is 0.897 bits per heavy atom. The van der Waals surface area contributed by atoms with Gasteiger partial charge in [-0.1, -0.05) is 458 Å². The number of benzene rings is 19. The molecule has 11 nitrogen and oxygen atoms in total. The number of nitrogens with zero attached hydrogens (tertiary/aromatic N) is 11. The number of hydrogen-bond donors (Lipinski definition) is 0. The van der Waals surface area contributed by atoms with Crippen molar-refractivity contribution in [3.8, 4) is 153 Å². The van der Waals surface area contributed by atoms with E-state index in [1.54, 1.807) is 0 Å². The summed E-state index contributed by atoms with van der Waals surface area (Å²) < 4.78 is 6.87. The third kappa shape index (κ3) is 15.1. The number of rotatable bonds is 12. The summed E-state index contributed by atoms with van der Waals surface area (Å²) in [4.78, 5) is 41.1. The summed E-state index contributed by atoms with van der Waals surface area (Å²) in [5.41, 5.74) is 38.4. The molecule has 0 spiro atoms. The van der Waals surface area contributed by atoms with E-state index >= 15 is 0 Å². The number of para-hydroxylation sites is 4. The summed E-state index contributed by atoms with van der Waals surface area (Å²) in [6.07, 6.45) is 0. The van der Waals surface area contributed by atoms with Crippen LogP contribution in [0.15, 0.2) is 455 Å². The fraction of sp³-hybridized carbons (Fsp3) is 0.0896. The van der Waals surface area contributed by atoms with Gasteiger partial charge in [0, 0.05) is 93.0 Å². The van der Waals surface area contributed by atoms with Crippen LogP contribution in [0.3, 0.4) is 0 Å². The molecule has 0 bridgehead atoms. The van der Waals surface area contributed by atoms with Crippen LogP contribution in [-0.4, -0.2) is 53.6 Å². The van der Waals surface area contributed by atoms with Crippen molar-refractivity contribution in [2.45, 2.75) is 80.1 Å². The molecule has 3 aliphatic carbocycles. The Bertz CT molecular complexity index is 9340. The second-order valence-corrected chi connectivity index (χ2v) is 38.8. The van der Waals surface area contributed by atoms with Crippen LogP contribution < -0.4 is 0 Å². The molecule has 19 aromatic carbocycles. The van der Waals surface area contributed by atoms with E-state index in [4.69, 9.17) is 39.9 Å². The Morgan fingerprint density at radius 2 is 0.462 bits per heavy atom. The predicted molar refractivity (Wildman–Crippen MR) is 604 cm³/mol. The largest absolute Gasteiger partial charge is 0.309 e. The van der Waals surface area contributed by atoms with Crippen LogP contribution in [0.5, 0.6) is 0 Å². The van der Waals surface area contributed by atoms with Gasteiger partial charge in [0.05, 0.1) is 44.3 Å². The fourth-order valence-corrected chi connectivity index (χ4v) is 22.7. The first kappa shape index (κ1) is 90.8. The van der Waals surface area contributed by atoms with Gasteiger partial charge in [0.1, 0.15) is 0 Å². The summed E-state index contributed by atoms with van der Waals surface area (Å²) in [6, 6.07) is 161. The van der Waals surface area contributed by atoms with Gasteiger partial charge in [-0.15, -0.1) is 0 Å². The van der Waals surface area contributed by atoms with Gasteiger partial charge < -0.3 is 4.57 Å². The fourth-order valence-electron chi connectivity index (χ4n) is 22.7. The summed E-state index contributed by atoms with van der Waals surface area (Å²) in [5, 5.41) is 8.50. The van der Waals surface area contributed by atoms with Crippen molar-refractivity contribution in [3.05, 3.63) is 488 Å².